The molecular weight excluding hydrogens is 372 g/mol. The molecule has 5 rings (SSSR count). The zero-order valence-corrected chi connectivity index (χ0v) is 16.8. The Kier molecular flexibility index (Phi) is 4.17. The Labute approximate surface area is 167 Å². The van der Waals surface area contributed by atoms with Gasteiger partial charge in [0, 0.05) is 30.7 Å². The van der Waals surface area contributed by atoms with Crippen molar-refractivity contribution in [3.8, 4) is 10.4 Å². The summed E-state index contributed by atoms with van der Waals surface area (Å²) in [5.41, 5.74) is 4.22. The maximum Gasteiger partial charge on any atom is 0.229 e. The molecule has 144 valence electrons. The molecule has 1 amide bonds. The lowest BCUT2D eigenvalue weighted by molar-refractivity contribution is -0.118. The van der Waals surface area contributed by atoms with Crippen molar-refractivity contribution < 1.29 is 9.53 Å². The SMILES string of the molecule is Cc1nnc2ccc(-c3cnc(NC(=O)C4CC45CCOCC5)s3)cc2c1C. The van der Waals surface area contributed by atoms with E-state index < -0.39 is 0 Å². The lowest BCUT2D eigenvalue weighted by Crippen LogP contribution is -2.24. The zero-order valence-electron chi connectivity index (χ0n) is 16.0. The van der Waals surface area contributed by atoms with E-state index >= 15 is 0 Å². The molecule has 1 aromatic carbocycles. The van der Waals surface area contributed by atoms with Crippen LogP contribution in [0.5, 0.6) is 0 Å². The van der Waals surface area contributed by atoms with Gasteiger partial charge >= 0.3 is 0 Å². The van der Waals surface area contributed by atoms with Crippen molar-refractivity contribution in [3.05, 3.63) is 35.7 Å². The number of nitrogens with zero attached hydrogens (tertiary/aromatic N) is 3. The summed E-state index contributed by atoms with van der Waals surface area (Å²) in [7, 11) is 0. The van der Waals surface area contributed by atoms with E-state index in [1.165, 1.54) is 11.3 Å². The first-order valence-electron chi connectivity index (χ1n) is 9.64. The molecule has 1 saturated carbocycles. The number of fused-ring (bicyclic) bond motifs is 1. The highest BCUT2D eigenvalue weighted by molar-refractivity contribution is 7.19. The third-order valence-corrected chi connectivity index (χ3v) is 7.23. The third-order valence-electron chi connectivity index (χ3n) is 6.27. The van der Waals surface area contributed by atoms with E-state index in [0.29, 0.717) is 5.13 Å². The van der Waals surface area contributed by atoms with Crippen molar-refractivity contribution in [2.45, 2.75) is 33.1 Å². The quantitative estimate of drug-likeness (QED) is 0.723. The zero-order chi connectivity index (χ0) is 19.3. The molecule has 1 unspecified atom stereocenters. The molecule has 6 nitrogen and oxygen atoms in total. The van der Waals surface area contributed by atoms with Crippen LogP contribution >= 0.6 is 11.3 Å². The predicted octanol–water partition coefficient (Wildman–Crippen LogP) is 4.13. The summed E-state index contributed by atoms with van der Waals surface area (Å²) in [5.74, 6) is 0.205. The molecule has 1 saturated heterocycles. The van der Waals surface area contributed by atoms with Crippen molar-refractivity contribution in [2.24, 2.45) is 11.3 Å². The van der Waals surface area contributed by atoms with Gasteiger partial charge in [-0.2, -0.15) is 10.2 Å². The average molecular weight is 395 g/mol. The molecule has 1 spiro atoms. The molecule has 1 atom stereocenters. The highest BCUT2D eigenvalue weighted by Crippen LogP contribution is 2.59. The van der Waals surface area contributed by atoms with Crippen molar-refractivity contribution in [2.75, 3.05) is 18.5 Å². The average Bonchev–Trinajstić information content (AvgIpc) is 3.19. The number of nitrogens with one attached hydrogen (secondary N) is 1. The number of amides is 1. The minimum absolute atomic E-state index is 0.100. The van der Waals surface area contributed by atoms with Gasteiger partial charge in [0.15, 0.2) is 5.13 Å². The summed E-state index contributed by atoms with van der Waals surface area (Å²) in [6.45, 7) is 5.58. The van der Waals surface area contributed by atoms with E-state index in [1.807, 2.05) is 25.3 Å². The topological polar surface area (TPSA) is 77.0 Å². The highest BCUT2D eigenvalue weighted by atomic mass is 32.1. The highest BCUT2D eigenvalue weighted by Gasteiger charge is 2.58. The number of thiazole rings is 1. The van der Waals surface area contributed by atoms with E-state index in [4.69, 9.17) is 4.74 Å². The van der Waals surface area contributed by atoms with Gasteiger partial charge in [-0.15, -0.1) is 0 Å². The number of rotatable bonds is 3. The van der Waals surface area contributed by atoms with E-state index in [-0.39, 0.29) is 17.2 Å². The summed E-state index contributed by atoms with van der Waals surface area (Å²) in [5, 5.41) is 13.2. The summed E-state index contributed by atoms with van der Waals surface area (Å²) >= 11 is 1.51. The number of carbonyl (C=O) groups is 1. The molecule has 2 aliphatic rings. The fourth-order valence-corrected chi connectivity index (χ4v) is 5.00. The van der Waals surface area contributed by atoms with Gasteiger partial charge in [0.25, 0.3) is 0 Å². The van der Waals surface area contributed by atoms with Crippen LogP contribution in [-0.4, -0.2) is 34.3 Å². The van der Waals surface area contributed by atoms with Crippen molar-refractivity contribution in [1.29, 1.82) is 0 Å². The van der Waals surface area contributed by atoms with Gasteiger partial charge in [-0.3, -0.25) is 4.79 Å². The van der Waals surface area contributed by atoms with E-state index in [9.17, 15) is 4.79 Å². The van der Waals surface area contributed by atoms with E-state index in [2.05, 4.69) is 33.5 Å². The van der Waals surface area contributed by atoms with E-state index in [1.54, 1.807) is 0 Å². The van der Waals surface area contributed by atoms with Gasteiger partial charge in [0.1, 0.15) is 0 Å². The van der Waals surface area contributed by atoms with Gasteiger partial charge in [-0.25, -0.2) is 4.98 Å². The summed E-state index contributed by atoms with van der Waals surface area (Å²) < 4.78 is 5.44. The Morgan fingerprint density at radius 3 is 2.89 bits per heavy atom. The Morgan fingerprint density at radius 1 is 1.25 bits per heavy atom. The summed E-state index contributed by atoms with van der Waals surface area (Å²) in [6.07, 6.45) is 4.79. The molecule has 7 heteroatoms. The lowest BCUT2D eigenvalue weighted by Gasteiger charge is -2.22. The molecule has 3 heterocycles. The van der Waals surface area contributed by atoms with Crippen LogP contribution in [0.15, 0.2) is 24.4 Å². The first kappa shape index (κ1) is 17.7. The molecule has 2 fully saturated rings. The van der Waals surface area contributed by atoms with Crippen LogP contribution in [0.3, 0.4) is 0 Å². The molecule has 0 bridgehead atoms. The summed E-state index contributed by atoms with van der Waals surface area (Å²) in [6, 6.07) is 6.15. The monoisotopic (exact) mass is 394 g/mol. The minimum atomic E-state index is 0.100. The van der Waals surface area contributed by atoms with Crippen LogP contribution in [0.1, 0.15) is 30.5 Å². The van der Waals surface area contributed by atoms with Crippen molar-refractivity contribution in [1.82, 2.24) is 15.2 Å². The van der Waals surface area contributed by atoms with Gasteiger partial charge in [-0.05, 0) is 61.8 Å². The molecule has 1 aliphatic heterocycles. The van der Waals surface area contributed by atoms with Crippen molar-refractivity contribution in [3.63, 3.8) is 0 Å². The lowest BCUT2D eigenvalue weighted by atomic mass is 9.94. The second-order valence-electron chi connectivity index (χ2n) is 7.89. The number of aryl methyl sites for hydroxylation is 2. The Morgan fingerprint density at radius 2 is 2.07 bits per heavy atom. The van der Waals surface area contributed by atoms with Crippen LogP contribution in [0.25, 0.3) is 21.3 Å². The Balaban J connectivity index is 1.34. The van der Waals surface area contributed by atoms with Crippen LogP contribution in [0.4, 0.5) is 5.13 Å². The minimum Gasteiger partial charge on any atom is -0.381 e. The normalized spacial score (nSPS) is 20.4. The fraction of sp³-hybridized carbons (Fsp3) is 0.429. The third kappa shape index (κ3) is 2.99. The number of aromatic nitrogens is 3. The number of benzene rings is 1. The van der Waals surface area contributed by atoms with Crippen LogP contribution in [-0.2, 0) is 9.53 Å². The van der Waals surface area contributed by atoms with Gasteiger partial charge < -0.3 is 10.1 Å². The molecule has 1 aliphatic carbocycles. The second-order valence-corrected chi connectivity index (χ2v) is 8.92. The first-order chi connectivity index (χ1) is 13.6. The molecular formula is C21H22N4O2S. The fourth-order valence-electron chi connectivity index (χ4n) is 4.18. The Bertz CT molecular complexity index is 1070. The Hall–Kier alpha value is -2.38. The van der Waals surface area contributed by atoms with Crippen molar-refractivity contribution >= 4 is 33.3 Å². The van der Waals surface area contributed by atoms with E-state index in [0.717, 1.165) is 65.1 Å². The maximum absolute atomic E-state index is 12.7. The van der Waals surface area contributed by atoms with Crippen LogP contribution in [0.2, 0.25) is 0 Å². The standard InChI is InChI=1S/C21H22N4O2S/c1-12-13(2)24-25-17-4-3-14(9-15(12)17)18-11-22-20(28-18)23-19(26)16-10-21(16)5-7-27-8-6-21/h3-4,9,11,16H,5-8,10H2,1-2H3,(H,22,23,26). The first-order valence-corrected chi connectivity index (χ1v) is 10.5. The van der Waals surface area contributed by atoms with Gasteiger partial charge in [-0.1, -0.05) is 17.4 Å². The molecule has 28 heavy (non-hydrogen) atoms. The van der Waals surface area contributed by atoms with Gasteiger partial charge in [0.05, 0.1) is 16.1 Å². The number of anilines is 1. The molecule has 1 N–H and O–H groups in total. The molecule has 0 radical (unpaired) electrons. The molecule has 2 aromatic heterocycles. The maximum atomic E-state index is 12.7. The van der Waals surface area contributed by atoms with Crippen LogP contribution in [0, 0.1) is 25.2 Å². The van der Waals surface area contributed by atoms with Gasteiger partial charge in [0.2, 0.25) is 5.91 Å². The molecule has 3 aromatic rings. The number of carbonyl (C=O) groups excluding carboxylic acids is 1. The largest absolute Gasteiger partial charge is 0.381 e. The number of hydrogen-bond acceptors (Lipinski definition) is 6. The second kappa shape index (κ2) is 6.60. The predicted molar refractivity (Wildman–Crippen MR) is 109 cm³/mol. The smallest absolute Gasteiger partial charge is 0.229 e. The van der Waals surface area contributed by atoms with Crippen LogP contribution < -0.4 is 5.32 Å². The number of hydrogen-bond donors (Lipinski definition) is 1. The summed E-state index contributed by atoms with van der Waals surface area (Å²) in [4.78, 5) is 18.1. The number of ether oxygens (including phenoxy) is 1.